The zero-order chi connectivity index (χ0) is 21.6. The number of halogens is 1. The molecule has 1 fully saturated rings. The summed E-state index contributed by atoms with van der Waals surface area (Å²) in [4.78, 5) is 17.3. The van der Waals surface area contributed by atoms with Crippen LogP contribution < -0.4 is 4.90 Å². The second-order valence-corrected chi connectivity index (χ2v) is 8.17. The maximum absolute atomic E-state index is 13.8. The molecule has 0 aliphatic carbocycles. The fourth-order valence-corrected chi connectivity index (χ4v) is 4.39. The summed E-state index contributed by atoms with van der Waals surface area (Å²) in [5, 5.41) is 7.32. The summed E-state index contributed by atoms with van der Waals surface area (Å²) in [5.41, 5.74) is 3.71. The number of likely N-dealkylation sites (tertiary alicyclic amines) is 1. The summed E-state index contributed by atoms with van der Waals surface area (Å²) < 4.78 is 13.8. The van der Waals surface area contributed by atoms with Crippen molar-refractivity contribution in [3.8, 4) is 11.1 Å². The first-order valence-electron chi connectivity index (χ1n) is 11.0. The molecule has 0 radical (unpaired) electrons. The van der Waals surface area contributed by atoms with Crippen LogP contribution >= 0.6 is 0 Å². The molecule has 31 heavy (non-hydrogen) atoms. The van der Waals surface area contributed by atoms with Gasteiger partial charge in [0.2, 0.25) is 5.91 Å². The molecule has 5 nitrogen and oxygen atoms in total. The summed E-state index contributed by atoms with van der Waals surface area (Å²) in [5.74, 6) is -0.102. The quantitative estimate of drug-likeness (QED) is 0.573. The second-order valence-electron chi connectivity index (χ2n) is 8.17. The largest absolute Gasteiger partial charge is 0.375 e. The van der Waals surface area contributed by atoms with Crippen molar-refractivity contribution in [3.63, 3.8) is 0 Å². The number of rotatable bonds is 7. The van der Waals surface area contributed by atoms with Gasteiger partial charge in [0, 0.05) is 37.8 Å². The summed E-state index contributed by atoms with van der Waals surface area (Å²) in [6, 6.07) is 16.7. The molecule has 0 saturated carbocycles. The van der Waals surface area contributed by atoms with E-state index in [9.17, 15) is 9.18 Å². The van der Waals surface area contributed by atoms with E-state index in [1.807, 2.05) is 29.2 Å². The van der Waals surface area contributed by atoms with Gasteiger partial charge in [0.05, 0.1) is 17.9 Å². The SMILES string of the molecule is CN(CCCC(=O)N1CCCC[C@H]1c1[nH]ncc1-c1cccc(F)c1)c1ccccc1. The van der Waals surface area contributed by atoms with Crippen molar-refractivity contribution in [1.82, 2.24) is 15.1 Å². The number of piperidine rings is 1. The lowest BCUT2D eigenvalue weighted by Crippen LogP contribution is -2.39. The number of hydrogen-bond acceptors (Lipinski definition) is 3. The molecule has 1 N–H and O–H groups in total. The standard InChI is InChI=1S/C25H29FN4O/c1-29(21-11-3-2-4-12-21)15-8-14-24(31)30-16-6-5-13-23(30)25-22(18-27-28-25)19-9-7-10-20(26)17-19/h2-4,7,9-12,17-18,23H,5-6,8,13-16H2,1H3,(H,27,28)/t23-/m0/s1. The molecule has 4 rings (SSSR count). The number of carbonyl (C=O) groups excluding carboxylic acids is 1. The molecular weight excluding hydrogens is 391 g/mol. The van der Waals surface area contributed by atoms with E-state index in [1.54, 1.807) is 12.3 Å². The third-order valence-electron chi connectivity index (χ3n) is 6.04. The number of carbonyl (C=O) groups is 1. The molecule has 1 aromatic heterocycles. The first-order chi connectivity index (χ1) is 15.1. The van der Waals surface area contributed by atoms with Crippen LogP contribution in [0.2, 0.25) is 0 Å². The molecule has 162 valence electrons. The molecule has 0 unspecified atom stereocenters. The lowest BCUT2D eigenvalue weighted by molar-refractivity contribution is -0.135. The Morgan fingerprint density at radius 3 is 2.84 bits per heavy atom. The van der Waals surface area contributed by atoms with E-state index in [-0.39, 0.29) is 17.8 Å². The monoisotopic (exact) mass is 420 g/mol. The molecule has 0 spiro atoms. The van der Waals surface area contributed by atoms with Gasteiger partial charge in [-0.3, -0.25) is 9.89 Å². The van der Waals surface area contributed by atoms with E-state index in [1.165, 1.54) is 12.1 Å². The Balaban J connectivity index is 1.43. The average molecular weight is 421 g/mol. The maximum atomic E-state index is 13.8. The molecule has 1 aliphatic heterocycles. The zero-order valence-electron chi connectivity index (χ0n) is 17.9. The van der Waals surface area contributed by atoms with Crippen LogP contribution in [0.15, 0.2) is 60.8 Å². The minimum absolute atomic E-state index is 0.0473. The van der Waals surface area contributed by atoms with Crippen LogP contribution in [0.5, 0.6) is 0 Å². The van der Waals surface area contributed by atoms with Gasteiger partial charge in [-0.2, -0.15) is 5.10 Å². The van der Waals surface area contributed by atoms with E-state index in [0.29, 0.717) is 6.42 Å². The molecule has 3 aromatic rings. The Morgan fingerprint density at radius 1 is 1.19 bits per heavy atom. The Kier molecular flexibility index (Phi) is 6.65. The molecule has 2 heterocycles. The van der Waals surface area contributed by atoms with E-state index in [2.05, 4.69) is 34.3 Å². The molecule has 6 heteroatoms. The van der Waals surface area contributed by atoms with Crippen LogP contribution in [0.25, 0.3) is 11.1 Å². The van der Waals surface area contributed by atoms with E-state index >= 15 is 0 Å². The minimum atomic E-state index is -0.274. The second kappa shape index (κ2) is 9.77. The first kappa shape index (κ1) is 21.1. The van der Waals surface area contributed by atoms with Gasteiger partial charge in [-0.15, -0.1) is 0 Å². The highest BCUT2D eigenvalue weighted by Gasteiger charge is 2.30. The van der Waals surface area contributed by atoms with Crippen LogP contribution in [-0.2, 0) is 4.79 Å². The van der Waals surface area contributed by atoms with Gasteiger partial charge >= 0.3 is 0 Å². The van der Waals surface area contributed by atoms with Gasteiger partial charge in [0.25, 0.3) is 0 Å². The van der Waals surface area contributed by atoms with Crippen LogP contribution in [0.1, 0.15) is 43.8 Å². The highest BCUT2D eigenvalue weighted by Crippen LogP contribution is 2.36. The molecule has 1 atom stereocenters. The van der Waals surface area contributed by atoms with E-state index < -0.39 is 0 Å². The third kappa shape index (κ3) is 4.95. The van der Waals surface area contributed by atoms with Gasteiger partial charge in [-0.05, 0) is 55.5 Å². The summed E-state index contributed by atoms with van der Waals surface area (Å²) in [6.07, 6.45) is 6.00. The van der Waals surface area contributed by atoms with E-state index in [4.69, 9.17) is 0 Å². The number of nitrogens with one attached hydrogen (secondary N) is 1. The predicted molar refractivity (Wildman–Crippen MR) is 121 cm³/mol. The Hall–Kier alpha value is -3.15. The van der Waals surface area contributed by atoms with Crippen LogP contribution in [0.3, 0.4) is 0 Å². The van der Waals surface area contributed by atoms with Crippen molar-refractivity contribution in [2.45, 2.75) is 38.1 Å². The van der Waals surface area contributed by atoms with Crippen molar-refractivity contribution in [3.05, 3.63) is 72.3 Å². The van der Waals surface area contributed by atoms with Gasteiger partial charge in [0.15, 0.2) is 0 Å². The van der Waals surface area contributed by atoms with E-state index in [0.717, 1.165) is 61.3 Å². The number of aromatic amines is 1. The van der Waals surface area contributed by atoms with Crippen molar-refractivity contribution in [2.75, 3.05) is 25.0 Å². The fraction of sp³-hybridized carbons (Fsp3) is 0.360. The Morgan fingerprint density at radius 2 is 2.03 bits per heavy atom. The summed E-state index contributed by atoms with van der Waals surface area (Å²) >= 11 is 0. The average Bonchev–Trinajstić information content (AvgIpc) is 3.29. The molecule has 1 aliphatic rings. The minimum Gasteiger partial charge on any atom is -0.375 e. The smallest absolute Gasteiger partial charge is 0.223 e. The number of nitrogens with zero attached hydrogens (tertiary/aromatic N) is 3. The lowest BCUT2D eigenvalue weighted by atomic mass is 9.94. The van der Waals surface area contributed by atoms with Crippen LogP contribution in [0, 0.1) is 5.82 Å². The highest BCUT2D eigenvalue weighted by atomic mass is 19.1. The number of para-hydroxylation sites is 1. The first-order valence-corrected chi connectivity index (χ1v) is 11.0. The van der Waals surface area contributed by atoms with Gasteiger partial charge in [-0.1, -0.05) is 30.3 Å². The number of amides is 1. The van der Waals surface area contributed by atoms with Crippen LogP contribution in [-0.4, -0.2) is 41.1 Å². The maximum Gasteiger partial charge on any atom is 0.223 e. The number of H-pyrrole nitrogens is 1. The van der Waals surface area contributed by atoms with Gasteiger partial charge in [0.1, 0.15) is 5.82 Å². The van der Waals surface area contributed by atoms with Crippen molar-refractivity contribution < 1.29 is 9.18 Å². The number of anilines is 1. The Labute approximate surface area is 182 Å². The molecule has 0 bridgehead atoms. The third-order valence-corrected chi connectivity index (χ3v) is 6.04. The number of benzene rings is 2. The molecule has 2 aromatic carbocycles. The lowest BCUT2D eigenvalue weighted by Gasteiger charge is -2.36. The number of aromatic nitrogens is 2. The predicted octanol–water partition coefficient (Wildman–Crippen LogP) is 5.19. The Bertz CT molecular complexity index is 1000. The highest BCUT2D eigenvalue weighted by molar-refractivity contribution is 5.77. The molecule has 1 amide bonds. The zero-order valence-corrected chi connectivity index (χ0v) is 17.9. The normalized spacial score (nSPS) is 16.3. The van der Waals surface area contributed by atoms with Gasteiger partial charge in [-0.25, -0.2) is 4.39 Å². The van der Waals surface area contributed by atoms with Crippen molar-refractivity contribution in [2.24, 2.45) is 0 Å². The summed E-state index contributed by atoms with van der Waals surface area (Å²) in [7, 11) is 2.05. The topological polar surface area (TPSA) is 52.2 Å². The summed E-state index contributed by atoms with van der Waals surface area (Å²) in [6.45, 7) is 1.58. The van der Waals surface area contributed by atoms with Crippen molar-refractivity contribution in [1.29, 1.82) is 0 Å². The van der Waals surface area contributed by atoms with Gasteiger partial charge < -0.3 is 9.80 Å². The fourth-order valence-electron chi connectivity index (χ4n) is 4.39. The molecular formula is C25H29FN4O. The van der Waals surface area contributed by atoms with Crippen LogP contribution in [0.4, 0.5) is 10.1 Å². The number of hydrogen-bond donors (Lipinski definition) is 1. The molecule has 1 saturated heterocycles. The van der Waals surface area contributed by atoms with Crippen molar-refractivity contribution >= 4 is 11.6 Å².